The number of Topliss-reactive ketones (excluding diaryl/α,β-unsaturated/α-hetero) is 1. The molecule has 0 amide bonds. The Morgan fingerprint density at radius 1 is 0.828 bits per heavy atom. The molecular weight excluding hydrogens is 354 g/mol. The molecule has 1 aliphatic carbocycles. The van der Waals surface area contributed by atoms with E-state index in [1.807, 2.05) is 12.1 Å². The molecule has 0 radical (unpaired) electrons. The van der Waals surface area contributed by atoms with Crippen molar-refractivity contribution in [2.75, 3.05) is 6.54 Å². The van der Waals surface area contributed by atoms with Crippen LogP contribution in [0.4, 0.5) is 0 Å². The molecule has 1 atom stereocenters. The molecule has 29 heavy (non-hydrogen) atoms. The van der Waals surface area contributed by atoms with Gasteiger partial charge in [-0.15, -0.1) is 0 Å². The predicted octanol–water partition coefficient (Wildman–Crippen LogP) is 5.97. The van der Waals surface area contributed by atoms with Crippen LogP contribution in [0, 0.1) is 0 Å². The molecule has 1 saturated heterocycles. The summed E-state index contributed by atoms with van der Waals surface area (Å²) in [6.45, 7) is 1.04. The fourth-order valence-corrected chi connectivity index (χ4v) is 4.58. The lowest BCUT2D eigenvalue weighted by molar-refractivity contribution is 0.0963. The van der Waals surface area contributed by atoms with Crippen LogP contribution in [0.25, 0.3) is 22.8 Å². The Morgan fingerprint density at radius 2 is 1.45 bits per heavy atom. The highest BCUT2D eigenvalue weighted by Gasteiger charge is 2.22. The van der Waals surface area contributed by atoms with Crippen molar-refractivity contribution in [3.63, 3.8) is 0 Å². The molecule has 5 rings (SSSR count). The minimum atomic E-state index is 0.236. The third-order valence-electron chi connectivity index (χ3n) is 6.11. The average molecular weight is 380 g/mol. The van der Waals surface area contributed by atoms with Gasteiger partial charge >= 0.3 is 0 Å². The van der Waals surface area contributed by atoms with Gasteiger partial charge in [0.25, 0.3) is 0 Å². The molecule has 0 bridgehead atoms. The van der Waals surface area contributed by atoms with Gasteiger partial charge in [0.15, 0.2) is 5.78 Å². The zero-order chi connectivity index (χ0) is 19.6. The van der Waals surface area contributed by atoms with E-state index in [9.17, 15) is 4.79 Å². The number of benzene rings is 3. The second-order valence-electron chi connectivity index (χ2n) is 8.05. The van der Waals surface area contributed by atoms with Crippen molar-refractivity contribution in [1.29, 1.82) is 0 Å². The predicted molar refractivity (Wildman–Crippen MR) is 120 cm³/mol. The van der Waals surface area contributed by atoms with Gasteiger partial charge in [-0.1, -0.05) is 79.2 Å². The fraction of sp³-hybridized carbons (Fsp3) is 0.222. The normalized spacial score (nSPS) is 17.5. The first kappa shape index (κ1) is 18.1. The Kier molecular flexibility index (Phi) is 4.87. The van der Waals surface area contributed by atoms with Crippen LogP contribution >= 0.6 is 0 Å². The summed E-state index contributed by atoms with van der Waals surface area (Å²) in [7, 11) is 0. The number of ketones is 1. The molecule has 144 valence electrons. The molecule has 2 heteroatoms. The van der Waals surface area contributed by atoms with E-state index in [-0.39, 0.29) is 5.78 Å². The van der Waals surface area contributed by atoms with Gasteiger partial charge in [0.05, 0.1) is 0 Å². The molecule has 1 N–H and O–H groups in total. The van der Waals surface area contributed by atoms with Gasteiger partial charge in [0, 0.05) is 18.0 Å². The van der Waals surface area contributed by atoms with E-state index in [0.29, 0.717) is 12.5 Å². The van der Waals surface area contributed by atoms with Crippen LogP contribution in [0.5, 0.6) is 0 Å². The maximum absolute atomic E-state index is 12.6. The summed E-state index contributed by atoms with van der Waals surface area (Å²) in [6, 6.07) is 25.6. The number of rotatable bonds is 4. The van der Waals surface area contributed by atoms with Gasteiger partial charge in [0.2, 0.25) is 0 Å². The van der Waals surface area contributed by atoms with Gasteiger partial charge < -0.3 is 5.32 Å². The number of fused-ring (bicyclic) bond motifs is 3. The monoisotopic (exact) mass is 379 g/mol. The van der Waals surface area contributed by atoms with Crippen molar-refractivity contribution >= 4 is 17.4 Å². The highest BCUT2D eigenvalue weighted by Crippen LogP contribution is 2.44. The second-order valence-corrected chi connectivity index (χ2v) is 8.05. The molecule has 1 heterocycles. The van der Waals surface area contributed by atoms with Crippen LogP contribution in [0.2, 0.25) is 0 Å². The number of piperidine rings is 1. The SMILES string of the molecule is O=C(CC1CCCCN1)c1ccc(C=C2c3ccccc3-c3ccccc32)cc1. The van der Waals surface area contributed by atoms with Crippen molar-refractivity contribution in [2.45, 2.75) is 31.7 Å². The lowest BCUT2D eigenvalue weighted by Crippen LogP contribution is -2.35. The van der Waals surface area contributed by atoms with Gasteiger partial charge in [-0.05, 0) is 58.9 Å². The topological polar surface area (TPSA) is 29.1 Å². The number of hydrogen-bond donors (Lipinski definition) is 1. The minimum Gasteiger partial charge on any atom is -0.314 e. The highest BCUT2D eigenvalue weighted by molar-refractivity contribution is 6.06. The Hall–Kier alpha value is -2.97. The van der Waals surface area contributed by atoms with Crippen molar-refractivity contribution in [1.82, 2.24) is 5.32 Å². The van der Waals surface area contributed by atoms with Crippen LogP contribution in [0.3, 0.4) is 0 Å². The number of nitrogens with one attached hydrogen (secondary N) is 1. The lowest BCUT2D eigenvalue weighted by Gasteiger charge is -2.22. The number of hydrogen-bond acceptors (Lipinski definition) is 2. The molecule has 2 aliphatic rings. The summed E-state index contributed by atoms with van der Waals surface area (Å²) in [5.41, 5.74) is 8.32. The Bertz CT molecular complexity index is 1020. The maximum Gasteiger partial charge on any atom is 0.164 e. The van der Waals surface area contributed by atoms with Crippen molar-refractivity contribution in [2.24, 2.45) is 0 Å². The van der Waals surface area contributed by atoms with Gasteiger partial charge in [0.1, 0.15) is 0 Å². The van der Waals surface area contributed by atoms with Crippen LogP contribution in [0.1, 0.15) is 52.7 Å². The standard InChI is InChI=1S/C27H25NO/c29-27(18-21-7-5-6-16-28-21)20-14-12-19(13-15-20)17-26-24-10-3-1-8-22(24)23-9-2-4-11-25(23)26/h1-4,8-15,17,21,28H,5-7,16,18H2. The van der Waals surface area contributed by atoms with Crippen LogP contribution in [0.15, 0.2) is 72.8 Å². The molecule has 3 aromatic carbocycles. The van der Waals surface area contributed by atoms with Gasteiger partial charge in [-0.2, -0.15) is 0 Å². The zero-order valence-corrected chi connectivity index (χ0v) is 16.5. The Morgan fingerprint density at radius 3 is 2.03 bits per heavy atom. The lowest BCUT2D eigenvalue weighted by atomic mass is 9.96. The minimum absolute atomic E-state index is 0.236. The first-order valence-corrected chi connectivity index (χ1v) is 10.6. The van der Waals surface area contributed by atoms with E-state index >= 15 is 0 Å². The number of carbonyl (C=O) groups excluding carboxylic acids is 1. The van der Waals surface area contributed by atoms with Gasteiger partial charge in [-0.3, -0.25) is 4.79 Å². The summed E-state index contributed by atoms with van der Waals surface area (Å²) in [4.78, 5) is 12.6. The third-order valence-corrected chi connectivity index (χ3v) is 6.11. The molecule has 0 saturated carbocycles. The van der Waals surface area contributed by atoms with Crippen molar-refractivity contribution < 1.29 is 4.79 Å². The summed E-state index contributed by atoms with van der Waals surface area (Å²) < 4.78 is 0. The van der Waals surface area contributed by atoms with E-state index in [4.69, 9.17) is 0 Å². The summed E-state index contributed by atoms with van der Waals surface area (Å²) in [5.74, 6) is 0.236. The van der Waals surface area contributed by atoms with E-state index in [1.165, 1.54) is 40.7 Å². The smallest absolute Gasteiger partial charge is 0.164 e. The van der Waals surface area contributed by atoms with Gasteiger partial charge in [-0.25, -0.2) is 0 Å². The average Bonchev–Trinajstić information content (AvgIpc) is 3.09. The molecule has 1 fully saturated rings. The fourth-order valence-electron chi connectivity index (χ4n) is 4.58. The molecule has 0 aromatic heterocycles. The van der Waals surface area contributed by atoms with E-state index in [2.05, 4.69) is 72.1 Å². The molecule has 3 aromatic rings. The van der Waals surface area contributed by atoms with Crippen LogP contribution in [-0.2, 0) is 0 Å². The van der Waals surface area contributed by atoms with E-state index in [1.54, 1.807) is 0 Å². The summed E-state index contributed by atoms with van der Waals surface area (Å²) in [6.07, 6.45) is 6.39. The van der Waals surface area contributed by atoms with E-state index in [0.717, 1.165) is 24.1 Å². The first-order chi connectivity index (χ1) is 14.3. The Balaban J connectivity index is 1.41. The summed E-state index contributed by atoms with van der Waals surface area (Å²) in [5, 5.41) is 3.47. The highest BCUT2D eigenvalue weighted by atomic mass is 16.1. The molecular formula is C27H25NO. The maximum atomic E-state index is 12.6. The molecule has 1 aliphatic heterocycles. The molecule has 1 unspecified atom stereocenters. The van der Waals surface area contributed by atoms with Crippen molar-refractivity contribution in [3.8, 4) is 11.1 Å². The van der Waals surface area contributed by atoms with Crippen LogP contribution in [-0.4, -0.2) is 18.4 Å². The van der Waals surface area contributed by atoms with E-state index < -0.39 is 0 Å². The molecule has 2 nitrogen and oxygen atoms in total. The van der Waals surface area contributed by atoms with Crippen LogP contribution < -0.4 is 5.32 Å². The van der Waals surface area contributed by atoms with Crippen molar-refractivity contribution in [3.05, 3.63) is 95.1 Å². The Labute approximate surface area is 172 Å². The quantitative estimate of drug-likeness (QED) is 0.443. The third kappa shape index (κ3) is 3.56. The molecule has 0 spiro atoms. The largest absolute Gasteiger partial charge is 0.314 e. The zero-order valence-electron chi connectivity index (χ0n) is 16.5. The first-order valence-electron chi connectivity index (χ1n) is 10.6. The number of carbonyl (C=O) groups is 1. The summed E-state index contributed by atoms with van der Waals surface area (Å²) >= 11 is 0. The second kappa shape index (κ2) is 7.81.